The van der Waals surface area contributed by atoms with Crippen molar-refractivity contribution in [3.8, 4) is 49.2 Å². The van der Waals surface area contributed by atoms with Crippen LogP contribution >= 0.6 is 116 Å². The molecule has 149 heavy (non-hydrogen) atoms. The summed E-state index contributed by atoms with van der Waals surface area (Å²) in [6.07, 6.45) is 20.7. The molecular weight excluding hydrogens is 2080 g/mol. The Bertz CT molecular complexity index is 7860. The van der Waals surface area contributed by atoms with E-state index in [2.05, 4.69) is 86.3 Å². The summed E-state index contributed by atoms with van der Waals surface area (Å²) in [7, 11) is 9.72. The minimum Gasteiger partial charge on any atom is -0.378 e. The second-order valence-electron chi connectivity index (χ2n) is 38.1. The number of aromatic nitrogens is 5. The van der Waals surface area contributed by atoms with Crippen molar-refractivity contribution >= 4 is 206 Å². The number of ketones is 1. The molecule has 0 bridgehead atoms. The normalized spacial score (nSPS) is 15.0. The first-order valence-corrected chi connectivity index (χ1v) is 52.4. The van der Waals surface area contributed by atoms with Crippen LogP contribution in [0.1, 0.15) is 184 Å². The summed E-state index contributed by atoms with van der Waals surface area (Å²) >= 11 is 65.7. The zero-order chi connectivity index (χ0) is 107. The van der Waals surface area contributed by atoms with E-state index in [-0.39, 0.29) is 56.5 Å². The van der Waals surface area contributed by atoms with Gasteiger partial charge in [0.05, 0.1) is 132 Å². The number of carbonyl (C=O) groups is 6. The van der Waals surface area contributed by atoms with Crippen LogP contribution < -0.4 is 0 Å². The van der Waals surface area contributed by atoms with Crippen LogP contribution in [0.4, 0.5) is 0 Å². The number of amides is 5. The second-order valence-corrected chi connectivity index (χ2v) is 42.0. The monoisotopic (exact) mass is 2180 g/mol. The van der Waals surface area contributed by atoms with E-state index >= 15 is 0 Å². The largest absolute Gasteiger partial charge is 0.378 e. The molecule has 21 nitrogen and oxygen atoms in total. The zero-order valence-electron chi connectivity index (χ0n) is 83.9. The number of aryl methyl sites for hydroxylation is 8. The average Bonchev–Trinajstić information content (AvgIpc) is 1.62. The first-order chi connectivity index (χ1) is 71.4. The van der Waals surface area contributed by atoms with Crippen molar-refractivity contribution in [1.29, 1.82) is 10.5 Å². The minimum atomic E-state index is -0.355. The summed E-state index contributed by atoms with van der Waals surface area (Å²) in [5, 5.41) is 27.9. The number of ether oxygens (including phenoxy) is 3. The van der Waals surface area contributed by atoms with Crippen molar-refractivity contribution in [2.24, 2.45) is 47.1 Å². The number of halogens is 10. The fraction of sp³-hybridized carbons (Fsp3) is 0.288. The lowest BCUT2D eigenvalue weighted by Crippen LogP contribution is -2.40. The molecule has 31 heteroatoms. The summed E-state index contributed by atoms with van der Waals surface area (Å²) in [5.41, 5.74) is 21.5. The lowest BCUT2D eigenvalue weighted by molar-refractivity contribution is 0.0301. The number of fused-ring (bicyclic) bond motifs is 5. The molecule has 0 aliphatic carbocycles. The molecular formula is C118H106Cl10N12O9. The van der Waals surface area contributed by atoms with E-state index in [0.29, 0.717) is 196 Å². The highest BCUT2D eigenvalue weighted by Crippen LogP contribution is 2.42. The van der Waals surface area contributed by atoms with Gasteiger partial charge in [-0.15, -0.1) is 19.3 Å². The van der Waals surface area contributed by atoms with Crippen LogP contribution in [0.5, 0.6) is 0 Å². The number of likely N-dealkylation sites (tertiary alicyclic amines) is 2. The van der Waals surface area contributed by atoms with Gasteiger partial charge in [0.2, 0.25) is 5.78 Å². The summed E-state index contributed by atoms with van der Waals surface area (Å²) < 4.78 is 26.0. The van der Waals surface area contributed by atoms with E-state index in [4.69, 9.17) is 149 Å². The number of benzene rings is 10. The maximum atomic E-state index is 13.5. The smallest absolute Gasteiger partial charge is 0.255 e. The highest BCUT2D eigenvalue weighted by Gasteiger charge is 2.34. The van der Waals surface area contributed by atoms with Crippen LogP contribution in [0.25, 0.3) is 54.5 Å². The molecule has 5 fully saturated rings. The minimum absolute atomic E-state index is 0.0335. The number of terminal acetylenes is 3. The van der Waals surface area contributed by atoms with E-state index in [1.165, 1.54) is 0 Å². The zero-order valence-corrected chi connectivity index (χ0v) is 91.4. The van der Waals surface area contributed by atoms with Gasteiger partial charge in [0.15, 0.2) is 0 Å². The van der Waals surface area contributed by atoms with Gasteiger partial charge in [-0.05, 0) is 248 Å². The van der Waals surface area contributed by atoms with Gasteiger partial charge in [0.1, 0.15) is 0 Å². The number of carbonyl (C=O) groups excluding carboxylic acids is 6. The van der Waals surface area contributed by atoms with Crippen LogP contribution in [-0.2, 0) is 75.1 Å². The highest BCUT2D eigenvalue weighted by atomic mass is 35.5. The van der Waals surface area contributed by atoms with Crippen molar-refractivity contribution in [2.45, 2.75) is 73.1 Å². The number of hydrogen-bond donors (Lipinski definition) is 0. The molecule has 10 heterocycles. The number of hydrogen-bond acceptors (Lipinski definition) is 11. The molecule has 15 aromatic rings. The first kappa shape index (κ1) is 109. The second kappa shape index (κ2) is 47.3. The summed E-state index contributed by atoms with van der Waals surface area (Å²) in [4.78, 5) is 87.3. The average molecular weight is 2190 g/mol. The van der Waals surface area contributed by atoms with E-state index in [0.717, 1.165) is 172 Å². The van der Waals surface area contributed by atoms with Crippen LogP contribution in [-0.4, -0.2) is 188 Å². The Morgan fingerprint density at radius 1 is 0.322 bits per heavy atom. The third-order valence-electron chi connectivity index (χ3n) is 28.5. The van der Waals surface area contributed by atoms with E-state index in [1.807, 2.05) is 132 Å². The van der Waals surface area contributed by atoms with Gasteiger partial charge < -0.3 is 61.5 Å². The standard InChI is InChI=1S/2C24H23Cl2N3O.C24H20Cl2N2O3.2C23H20Cl2N2O2/c2*1-14-6-7-29(13-14)24(30)18-4-5-21(25)20(23(18)26)11-17-10-19-15(2)8-16(12-27)9-22(19)28(17)3;1-4-15-11-14(2)17-13-20(27(3)19(17)12-15)23(29)21-18(25)6-5-16(22(21)26)24(30)28-7-9-31-10-8-28;1-3-15-4-7-21-16(12-15)13-17(26(21)2)14-19-20(24)6-5-18(22(19)25)23(28)27-8-10-29-11-9-27;1-3-15-4-5-16-13-17(26(2)21(16)12-15)14-19-20(24)7-6-18(22(19)25)23(28)27-8-10-29-11-9-27/h2*4-5,8-10,14H,6-7,11,13H2,1-3H3;1,5-6,11-13H,7-10H2,2-3H3;2*1,4-7,12-13H,8-11,14H2,2H3/t2*14-;;;/m10.../s1. The molecule has 5 amide bonds. The first-order valence-electron chi connectivity index (χ1n) is 48.7. The molecule has 5 aliphatic rings. The molecule has 2 atom stereocenters. The Kier molecular flexibility index (Phi) is 34.6. The van der Waals surface area contributed by atoms with Crippen molar-refractivity contribution in [3.05, 3.63) is 343 Å². The van der Waals surface area contributed by atoms with Gasteiger partial charge in [0.25, 0.3) is 29.5 Å². The molecule has 5 saturated heterocycles. The predicted molar refractivity (Wildman–Crippen MR) is 599 cm³/mol. The Labute approximate surface area is 916 Å². The van der Waals surface area contributed by atoms with Crippen LogP contribution in [0, 0.1) is 92.3 Å². The van der Waals surface area contributed by atoms with Crippen molar-refractivity contribution < 1.29 is 43.0 Å². The third kappa shape index (κ3) is 23.2. The number of nitrogens with zero attached hydrogens (tertiary/aromatic N) is 12. The number of nitriles is 2. The Hall–Kier alpha value is -12.6. The molecule has 0 N–H and O–H groups in total. The third-order valence-corrected chi connectivity index (χ3v) is 32.4. The van der Waals surface area contributed by atoms with E-state index < -0.39 is 0 Å². The number of morpholine rings is 3. The topological polar surface area (TPSA) is 219 Å². The maximum absolute atomic E-state index is 13.5. The van der Waals surface area contributed by atoms with Gasteiger partial charge in [0, 0.05) is 235 Å². The molecule has 0 saturated carbocycles. The molecule has 0 spiro atoms. The predicted octanol–water partition coefficient (Wildman–Crippen LogP) is 25.0. The summed E-state index contributed by atoms with van der Waals surface area (Å²) in [6.45, 7) is 19.6. The van der Waals surface area contributed by atoms with E-state index in [9.17, 15) is 39.3 Å². The summed E-state index contributed by atoms with van der Waals surface area (Å²) in [6, 6.07) is 54.8. The van der Waals surface area contributed by atoms with Crippen LogP contribution in [0.2, 0.25) is 50.2 Å². The van der Waals surface area contributed by atoms with E-state index in [1.54, 1.807) is 93.0 Å². The van der Waals surface area contributed by atoms with Gasteiger partial charge in [-0.25, -0.2) is 0 Å². The lowest BCUT2D eigenvalue weighted by atomic mass is 10.0. The molecule has 5 aromatic heterocycles. The van der Waals surface area contributed by atoms with Crippen LogP contribution in [0.15, 0.2) is 164 Å². The fourth-order valence-corrected chi connectivity index (χ4v) is 22.8. The van der Waals surface area contributed by atoms with Crippen molar-refractivity contribution in [2.75, 3.05) is 105 Å². The summed E-state index contributed by atoms with van der Waals surface area (Å²) in [5.74, 6) is 8.14. The quantitative estimate of drug-likeness (QED) is 0.0694. The Morgan fingerprint density at radius 3 is 1.01 bits per heavy atom. The van der Waals surface area contributed by atoms with Crippen molar-refractivity contribution in [3.63, 3.8) is 0 Å². The molecule has 0 unspecified atom stereocenters. The Morgan fingerprint density at radius 2 is 0.631 bits per heavy atom. The van der Waals surface area contributed by atoms with Gasteiger partial charge in [-0.2, -0.15) is 10.5 Å². The molecule has 5 aliphatic heterocycles. The van der Waals surface area contributed by atoms with Gasteiger partial charge in [-0.1, -0.05) is 154 Å². The lowest BCUT2D eigenvalue weighted by Gasteiger charge is -2.27. The highest BCUT2D eigenvalue weighted by molar-refractivity contribution is 6.44. The van der Waals surface area contributed by atoms with Crippen molar-refractivity contribution in [1.82, 2.24) is 47.3 Å². The molecule has 0 radical (unpaired) electrons. The van der Waals surface area contributed by atoms with Crippen LogP contribution in [0.3, 0.4) is 0 Å². The Balaban J connectivity index is 0.000000133. The van der Waals surface area contributed by atoms with Gasteiger partial charge >= 0.3 is 0 Å². The molecule has 20 rings (SSSR count). The SMILES string of the molecule is C#Cc1cc(C)c2cc(C(=O)c3c(Cl)ccc(C(=O)N4CCOCC4)c3Cl)n(C)c2c1.C#Cc1ccc2c(c1)cc(Cc1c(Cl)ccc(C(=O)N3CCOCC3)c1Cl)n2C.C#Cc1ccc2cc(Cc3c(Cl)ccc(C(=O)N4CCOCC4)c3Cl)n(C)c2c1.Cc1cc(C#N)cc2c1cc(Cc1c(Cl)ccc(C(=O)N3CC[C@@H](C)C3)c1Cl)n2C.Cc1cc(C#N)cc2c1cc(Cc1c(Cl)ccc(C(=O)N3CC[C@H](C)C3)c1Cl)n2C. The molecule has 10 aromatic carbocycles. The fourth-order valence-electron chi connectivity index (χ4n) is 19.9. The van der Waals surface area contributed by atoms with Gasteiger partial charge in [-0.3, -0.25) is 28.8 Å². The number of rotatable bonds is 15. The maximum Gasteiger partial charge on any atom is 0.255 e. The molecule has 762 valence electrons.